The summed E-state index contributed by atoms with van der Waals surface area (Å²) in [5.74, 6) is 0.693. The van der Waals surface area contributed by atoms with Crippen LogP contribution in [-0.4, -0.2) is 11.7 Å². The summed E-state index contributed by atoms with van der Waals surface area (Å²) in [7, 11) is 0. The first-order chi connectivity index (χ1) is 4.81. The second kappa shape index (κ2) is 6.81. The quantitative estimate of drug-likeness (QED) is 0.461. The van der Waals surface area contributed by atoms with Crippen molar-refractivity contribution in [1.82, 2.24) is 0 Å². The van der Waals surface area contributed by atoms with Gasteiger partial charge < -0.3 is 5.11 Å². The molecule has 0 saturated carbocycles. The van der Waals surface area contributed by atoms with Crippen molar-refractivity contribution in [3.63, 3.8) is 0 Å². The average Bonchev–Trinajstić information content (AvgIpc) is 1.98. The molecule has 0 aromatic carbocycles. The van der Waals surface area contributed by atoms with E-state index in [-0.39, 0.29) is 0 Å². The molecule has 0 heterocycles. The number of allylic oxidation sites excluding steroid dienone is 2. The summed E-state index contributed by atoms with van der Waals surface area (Å²) >= 11 is 0. The Labute approximate surface area is 63.8 Å². The fourth-order valence-electron chi connectivity index (χ4n) is 0.674. The molecule has 0 amide bonds. The highest BCUT2D eigenvalue weighted by atomic mass is 16.2. The van der Waals surface area contributed by atoms with Gasteiger partial charge in [0, 0.05) is 6.61 Å². The van der Waals surface area contributed by atoms with E-state index in [2.05, 4.69) is 26.0 Å². The van der Waals surface area contributed by atoms with Gasteiger partial charge >= 0.3 is 0 Å². The minimum absolute atomic E-state index is 0.310. The predicted molar refractivity (Wildman–Crippen MR) is 44.9 cm³/mol. The summed E-state index contributed by atoms with van der Waals surface area (Å²) < 4.78 is 0. The van der Waals surface area contributed by atoms with Crippen LogP contribution in [0.4, 0.5) is 0 Å². The smallest absolute Gasteiger partial charge is 0.0433 e. The number of rotatable bonds is 5. The van der Waals surface area contributed by atoms with Crippen LogP contribution in [0.5, 0.6) is 0 Å². The van der Waals surface area contributed by atoms with Crippen LogP contribution >= 0.6 is 0 Å². The van der Waals surface area contributed by atoms with E-state index < -0.39 is 0 Å². The molecule has 0 spiro atoms. The fraction of sp³-hybridized carbons (Fsp3) is 0.778. The first kappa shape index (κ1) is 9.70. The molecule has 0 aromatic rings. The SMILES string of the molecule is CCC(C)/C=C/CCCO. The minimum Gasteiger partial charge on any atom is -0.396 e. The molecule has 1 unspecified atom stereocenters. The van der Waals surface area contributed by atoms with Crippen LogP contribution in [0.15, 0.2) is 12.2 Å². The summed E-state index contributed by atoms with van der Waals surface area (Å²) in [6.45, 7) is 4.70. The Hall–Kier alpha value is -0.300. The lowest BCUT2D eigenvalue weighted by molar-refractivity contribution is 0.289. The molecule has 0 bridgehead atoms. The van der Waals surface area contributed by atoms with Crippen molar-refractivity contribution in [2.75, 3.05) is 6.61 Å². The topological polar surface area (TPSA) is 20.2 Å². The average molecular weight is 142 g/mol. The van der Waals surface area contributed by atoms with Crippen LogP contribution in [-0.2, 0) is 0 Å². The Balaban J connectivity index is 3.18. The summed E-state index contributed by atoms with van der Waals surface area (Å²) in [5.41, 5.74) is 0. The molecular weight excluding hydrogens is 124 g/mol. The van der Waals surface area contributed by atoms with E-state index in [1.807, 2.05) is 0 Å². The summed E-state index contributed by atoms with van der Waals surface area (Å²) in [5, 5.41) is 8.45. The molecule has 1 heteroatoms. The third-order valence-corrected chi connectivity index (χ3v) is 1.64. The van der Waals surface area contributed by atoms with Crippen molar-refractivity contribution in [2.45, 2.75) is 33.1 Å². The monoisotopic (exact) mass is 142 g/mol. The maximum absolute atomic E-state index is 8.45. The number of unbranched alkanes of at least 4 members (excludes halogenated alkanes) is 1. The molecule has 1 atom stereocenters. The van der Waals surface area contributed by atoms with Crippen molar-refractivity contribution in [3.8, 4) is 0 Å². The number of aliphatic hydroxyl groups excluding tert-OH is 1. The van der Waals surface area contributed by atoms with E-state index in [1.54, 1.807) is 0 Å². The van der Waals surface area contributed by atoms with Crippen LogP contribution in [0.1, 0.15) is 33.1 Å². The molecule has 0 aliphatic rings. The standard InChI is InChI=1S/C9H18O/c1-3-9(2)7-5-4-6-8-10/h5,7,9-10H,3-4,6,8H2,1-2H3/b7-5+. The maximum Gasteiger partial charge on any atom is 0.0433 e. The normalized spacial score (nSPS) is 14.3. The van der Waals surface area contributed by atoms with Gasteiger partial charge in [0.15, 0.2) is 0 Å². The fourth-order valence-corrected chi connectivity index (χ4v) is 0.674. The van der Waals surface area contributed by atoms with Gasteiger partial charge in [-0.15, -0.1) is 0 Å². The Bertz CT molecular complexity index is 86.7. The van der Waals surface area contributed by atoms with Gasteiger partial charge in [-0.05, 0) is 18.8 Å². The molecule has 0 saturated heterocycles. The van der Waals surface area contributed by atoms with E-state index in [4.69, 9.17) is 5.11 Å². The molecule has 0 fully saturated rings. The van der Waals surface area contributed by atoms with Crippen molar-refractivity contribution in [2.24, 2.45) is 5.92 Å². The lowest BCUT2D eigenvalue weighted by atomic mass is 10.1. The second-order valence-electron chi connectivity index (χ2n) is 2.68. The summed E-state index contributed by atoms with van der Waals surface area (Å²) in [6.07, 6.45) is 7.49. The van der Waals surface area contributed by atoms with Crippen molar-refractivity contribution < 1.29 is 5.11 Å². The first-order valence-electron chi connectivity index (χ1n) is 4.08. The molecular formula is C9H18O. The minimum atomic E-state index is 0.310. The van der Waals surface area contributed by atoms with Crippen molar-refractivity contribution >= 4 is 0 Å². The van der Waals surface area contributed by atoms with Crippen LogP contribution < -0.4 is 0 Å². The van der Waals surface area contributed by atoms with Crippen LogP contribution in [0.3, 0.4) is 0 Å². The molecule has 1 nitrogen and oxygen atoms in total. The van der Waals surface area contributed by atoms with Crippen LogP contribution in [0.2, 0.25) is 0 Å². The molecule has 10 heavy (non-hydrogen) atoms. The third-order valence-electron chi connectivity index (χ3n) is 1.64. The highest BCUT2D eigenvalue weighted by molar-refractivity contribution is 4.85. The molecule has 0 aliphatic carbocycles. The lowest BCUT2D eigenvalue weighted by Crippen LogP contribution is -1.84. The van der Waals surface area contributed by atoms with E-state index in [0.29, 0.717) is 12.5 Å². The second-order valence-corrected chi connectivity index (χ2v) is 2.68. The summed E-state index contributed by atoms with van der Waals surface area (Å²) in [4.78, 5) is 0. The zero-order valence-corrected chi connectivity index (χ0v) is 7.01. The van der Waals surface area contributed by atoms with Gasteiger partial charge in [-0.2, -0.15) is 0 Å². The maximum atomic E-state index is 8.45. The summed E-state index contributed by atoms with van der Waals surface area (Å²) in [6, 6.07) is 0. The van der Waals surface area contributed by atoms with E-state index in [1.165, 1.54) is 6.42 Å². The Kier molecular flexibility index (Phi) is 6.61. The van der Waals surface area contributed by atoms with Gasteiger partial charge in [0.05, 0.1) is 0 Å². The first-order valence-corrected chi connectivity index (χ1v) is 4.08. The zero-order valence-electron chi connectivity index (χ0n) is 7.01. The molecule has 0 aromatic heterocycles. The predicted octanol–water partition coefficient (Wildman–Crippen LogP) is 2.36. The Morgan fingerprint density at radius 3 is 2.70 bits per heavy atom. The number of aliphatic hydroxyl groups is 1. The van der Waals surface area contributed by atoms with E-state index >= 15 is 0 Å². The van der Waals surface area contributed by atoms with Gasteiger partial charge in [-0.3, -0.25) is 0 Å². The van der Waals surface area contributed by atoms with Crippen molar-refractivity contribution in [1.29, 1.82) is 0 Å². The zero-order chi connectivity index (χ0) is 7.82. The van der Waals surface area contributed by atoms with E-state index in [0.717, 1.165) is 12.8 Å². The Morgan fingerprint density at radius 1 is 1.50 bits per heavy atom. The highest BCUT2D eigenvalue weighted by Gasteiger charge is 1.88. The van der Waals surface area contributed by atoms with Gasteiger partial charge in [-0.1, -0.05) is 32.4 Å². The highest BCUT2D eigenvalue weighted by Crippen LogP contribution is 2.02. The number of hydrogen-bond acceptors (Lipinski definition) is 1. The molecule has 0 aliphatic heterocycles. The van der Waals surface area contributed by atoms with Gasteiger partial charge in [0.2, 0.25) is 0 Å². The van der Waals surface area contributed by atoms with Gasteiger partial charge in [0.1, 0.15) is 0 Å². The third kappa shape index (κ3) is 5.83. The largest absolute Gasteiger partial charge is 0.396 e. The van der Waals surface area contributed by atoms with E-state index in [9.17, 15) is 0 Å². The van der Waals surface area contributed by atoms with Crippen LogP contribution in [0, 0.1) is 5.92 Å². The Morgan fingerprint density at radius 2 is 2.20 bits per heavy atom. The lowest BCUT2D eigenvalue weighted by Gasteiger charge is -1.98. The van der Waals surface area contributed by atoms with Gasteiger partial charge in [-0.25, -0.2) is 0 Å². The van der Waals surface area contributed by atoms with Crippen molar-refractivity contribution in [3.05, 3.63) is 12.2 Å². The number of hydrogen-bond donors (Lipinski definition) is 1. The van der Waals surface area contributed by atoms with Crippen LogP contribution in [0.25, 0.3) is 0 Å². The molecule has 0 radical (unpaired) electrons. The molecule has 0 rings (SSSR count). The molecule has 60 valence electrons. The van der Waals surface area contributed by atoms with Gasteiger partial charge in [0.25, 0.3) is 0 Å². The molecule has 1 N–H and O–H groups in total.